The van der Waals surface area contributed by atoms with Gasteiger partial charge in [-0.05, 0) is 0 Å². The molecule has 0 aliphatic carbocycles. The second-order valence-corrected chi connectivity index (χ2v) is 1.51. The van der Waals surface area contributed by atoms with Crippen molar-refractivity contribution in [3.63, 3.8) is 0 Å². The van der Waals surface area contributed by atoms with Crippen molar-refractivity contribution in [2.45, 2.75) is 6.18 Å². The highest BCUT2D eigenvalue weighted by Crippen LogP contribution is 2.26. The fourth-order valence-electron chi connectivity index (χ4n) is 0.369. The molecule has 1 rings (SSSR count). The number of nitrogens with zero attached hydrogens (tertiary/aromatic N) is 2. The Balaban J connectivity index is 2.96. The molecule has 6 heteroatoms. The van der Waals surface area contributed by atoms with E-state index in [0.717, 1.165) is 0 Å². The minimum atomic E-state index is -4.57. The third-order valence-electron chi connectivity index (χ3n) is 0.711. The molecule has 0 aromatic carbocycles. The second kappa shape index (κ2) is 1.96. The van der Waals surface area contributed by atoms with Crippen LogP contribution < -0.4 is 0 Å². The molecule has 10 heavy (non-hydrogen) atoms. The van der Waals surface area contributed by atoms with E-state index in [0.29, 0.717) is 0 Å². The zero-order valence-electron chi connectivity index (χ0n) is 4.64. The zero-order chi connectivity index (χ0) is 7.78. The van der Waals surface area contributed by atoms with Crippen molar-refractivity contribution in [2.24, 2.45) is 0 Å². The van der Waals surface area contributed by atoms with Crippen LogP contribution in [0.15, 0.2) is 4.52 Å². The smallest absolute Gasteiger partial charge is 0.329 e. The molecule has 0 atom stereocenters. The summed E-state index contributed by atoms with van der Waals surface area (Å²) in [4.78, 5) is 2.87. The minimum absolute atomic E-state index is 0.271. The summed E-state index contributed by atoms with van der Waals surface area (Å²) in [6.45, 7) is 3.04. The molecule has 0 amide bonds. The molecular formula is C4H2F3N2O. The van der Waals surface area contributed by atoms with Crippen molar-refractivity contribution in [1.29, 1.82) is 0 Å². The quantitative estimate of drug-likeness (QED) is 0.560. The van der Waals surface area contributed by atoms with Crippen molar-refractivity contribution < 1.29 is 17.7 Å². The van der Waals surface area contributed by atoms with Crippen LogP contribution in [0.5, 0.6) is 0 Å². The largest absolute Gasteiger partial charge is 0.471 e. The highest BCUT2D eigenvalue weighted by Gasteiger charge is 2.37. The number of aromatic nitrogens is 2. The highest BCUT2D eigenvalue weighted by atomic mass is 19.4. The molecule has 1 aromatic heterocycles. The van der Waals surface area contributed by atoms with E-state index in [-0.39, 0.29) is 5.82 Å². The normalized spacial score (nSPS) is 12.0. The molecule has 0 saturated carbocycles. The highest BCUT2D eigenvalue weighted by molar-refractivity contribution is 4.91. The van der Waals surface area contributed by atoms with Gasteiger partial charge in [0.1, 0.15) is 0 Å². The van der Waals surface area contributed by atoms with Gasteiger partial charge in [0.05, 0.1) is 0 Å². The Bertz CT molecular complexity index is 229. The molecular weight excluding hydrogens is 149 g/mol. The van der Waals surface area contributed by atoms with E-state index in [9.17, 15) is 13.2 Å². The van der Waals surface area contributed by atoms with E-state index in [1.54, 1.807) is 0 Å². The maximum absolute atomic E-state index is 11.6. The Morgan fingerprint density at radius 2 is 2.00 bits per heavy atom. The SMILES string of the molecule is [CH2]c1noc(C(F)(F)F)n1. The van der Waals surface area contributed by atoms with Crippen molar-refractivity contribution in [2.75, 3.05) is 0 Å². The predicted octanol–water partition coefficient (Wildman–Crippen LogP) is 1.27. The number of rotatable bonds is 0. The van der Waals surface area contributed by atoms with Gasteiger partial charge < -0.3 is 4.52 Å². The summed E-state index contributed by atoms with van der Waals surface area (Å²) in [6.07, 6.45) is -4.57. The van der Waals surface area contributed by atoms with Gasteiger partial charge in [0.25, 0.3) is 0 Å². The maximum Gasteiger partial charge on any atom is 0.471 e. The third-order valence-corrected chi connectivity index (χ3v) is 0.711. The average molecular weight is 151 g/mol. The zero-order valence-corrected chi connectivity index (χ0v) is 4.64. The van der Waals surface area contributed by atoms with Crippen LogP contribution in [-0.2, 0) is 6.18 Å². The first-order valence-corrected chi connectivity index (χ1v) is 2.23. The summed E-state index contributed by atoms with van der Waals surface area (Å²) in [5.74, 6) is -1.63. The summed E-state index contributed by atoms with van der Waals surface area (Å²) < 4.78 is 38.5. The molecule has 0 unspecified atom stereocenters. The number of halogens is 3. The lowest BCUT2D eigenvalue weighted by Gasteiger charge is -1.95. The molecule has 0 fully saturated rings. The van der Waals surface area contributed by atoms with Crippen molar-refractivity contribution in [3.05, 3.63) is 18.6 Å². The lowest BCUT2D eigenvalue weighted by molar-refractivity contribution is -0.159. The number of hydrogen-bond acceptors (Lipinski definition) is 3. The first-order valence-electron chi connectivity index (χ1n) is 2.23. The van der Waals surface area contributed by atoms with Gasteiger partial charge in [0, 0.05) is 6.92 Å². The second-order valence-electron chi connectivity index (χ2n) is 1.51. The van der Waals surface area contributed by atoms with Gasteiger partial charge in [0.2, 0.25) is 0 Å². The topological polar surface area (TPSA) is 38.9 Å². The molecule has 0 bridgehead atoms. The van der Waals surface area contributed by atoms with Crippen LogP contribution in [0.25, 0.3) is 0 Å². The minimum Gasteiger partial charge on any atom is -0.329 e. The van der Waals surface area contributed by atoms with Gasteiger partial charge in [-0.3, -0.25) is 0 Å². The molecule has 3 nitrogen and oxygen atoms in total. The van der Waals surface area contributed by atoms with Crippen molar-refractivity contribution in [1.82, 2.24) is 10.1 Å². The molecule has 0 spiro atoms. The summed E-state index contributed by atoms with van der Waals surface area (Å²) in [7, 11) is 0. The fraction of sp³-hybridized carbons (Fsp3) is 0.250. The molecule has 0 N–H and O–H groups in total. The van der Waals surface area contributed by atoms with Crippen LogP contribution in [-0.4, -0.2) is 10.1 Å². The molecule has 1 heterocycles. The molecule has 1 radical (unpaired) electrons. The maximum atomic E-state index is 11.6. The first-order chi connectivity index (χ1) is 4.50. The lowest BCUT2D eigenvalue weighted by Crippen LogP contribution is -2.04. The van der Waals surface area contributed by atoms with Crippen LogP contribution in [0.4, 0.5) is 13.2 Å². The van der Waals surface area contributed by atoms with Gasteiger partial charge in [0.15, 0.2) is 5.82 Å². The first kappa shape index (κ1) is 7.04. The standard InChI is InChI=1S/C4H2F3N2O/c1-2-8-3(10-9-2)4(5,6)7/h1H2. The lowest BCUT2D eigenvalue weighted by atomic mass is 10.6. The summed E-state index contributed by atoms with van der Waals surface area (Å²) in [5.41, 5.74) is 0. The molecule has 0 aliphatic rings. The summed E-state index contributed by atoms with van der Waals surface area (Å²) >= 11 is 0. The molecule has 0 saturated heterocycles. The van der Waals surface area contributed by atoms with Gasteiger partial charge in [-0.1, -0.05) is 5.16 Å². The van der Waals surface area contributed by atoms with E-state index in [4.69, 9.17) is 0 Å². The van der Waals surface area contributed by atoms with Crippen molar-refractivity contribution in [3.8, 4) is 0 Å². The van der Waals surface area contributed by atoms with Gasteiger partial charge >= 0.3 is 12.1 Å². The Morgan fingerprint density at radius 3 is 2.20 bits per heavy atom. The van der Waals surface area contributed by atoms with Crippen LogP contribution in [0.3, 0.4) is 0 Å². The Labute approximate surface area is 53.8 Å². The van der Waals surface area contributed by atoms with Crippen molar-refractivity contribution >= 4 is 0 Å². The number of alkyl halides is 3. The Morgan fingerprint density at radius 1 is 1.40 bits per heavy atom. The van der Waals surface area contributed by atoms with Crippen LogP contribution in [0.1, 0.15) is 11.7 Å². The summed E-state index contributed by atoms with van der Waals surface area (Å²) in [6, 6.07) is 0. The van der Waals surface area contributed by atoms with Crippen LogP contribution in [0, 0.1) is 6.92 Å². The fourth-order valence-corrected chi connectivity index (χ4v) is 0.369. The average Bonchev–Trinajstić information content (AvgIpc) is 2.11. The van der Waals surface area contributed by atoms with Gasteiger partial charge in [-0.2, -0.15) is 18.2 Å². The van der Waals surface area contributed by atoms with Gasteiger partial charge in [-0.15, -0.1) is 0 Å². The Kier molecular flexibility index (Phi) is 1.38. The van der Waals surface area contributed by atoms with Gasteiger partial charge in [-0.25, -0.2) is 0 Å². The van der Waals surface area contributed by atoms with E-state index in [1.165, 1.54) is 0 Å². The Hall–Kier alpha value is -1.07. The van der Waals surface area contributed by atoms with E-state index < -0.39 is 12.1 Å². The van der Waals surface area contributed by atoms with E-state index >= 15 is 0 Å². The van der Waals surface area contributed by atoms with E-state index in [1.807, 2.05) is 0 Å². The molecule has 0 aliphatic heterocycles. The van der Waals surface area contributed by atoms with Crippen LogP contribution >= 0.6 is 0 Å². The summed E-state index contributed by atoms with van der Waals surface area (Å²) in [5, 5.41) is 2.87. The molecule has 55 valence electrons. The number of hydrogen-bond donors (Lipinski definition) is 0. The monoisotopic (exact) mass is 151 g/mol. The molecule has 1 aromatic rings. The third kappa shape index (κ3) is 1.26. The van der Waals surface area contributed by atoms with E-state index in [2.05, 4.69) is 21.6 Å². The predicted molar refractivity (Wildman–Crippen MR) is 23.8 cm³/mol. The van der Waals surface area contributed by atoms with Crippen LogP contribution in [0.2, 0.25) is 0 Å².